The summed E-state index contributed by atoms with van der Waals surface area (Å²) in [5.74, 6) is -0.0695. The number of nitrogens with zero attached hydrogens (tertiary/aromatic N) is 1. The van der Waals surface area contributed by atoms with Gasteiger partial charge < -0.3 is 24.8 Å². The molecule has 8 nitrogen and oxygen atoms in total. The Morgan fingerprint density at radius 2 is 1.67 bits per heavy atom. The van der Waals surface area contributed by atoms with Gasteiger partial charge in [-0.2, -0.15) is 0 Å². The van der Waals surface area contributed by atoms with Crippen molar-refractivity contribution in [2.75, 3.05) is 31.0 Å². The van der Waals surface area contributed by atoms with Crippen LogP contribution in [0.5, 0.6) is 17.4 Å². The minimum Gasteiger partial charge on any atom is -0.486 e. The van der Waals surface area contributed by atoms with Gasteiger partial charge in [-0.05, 0) is 18.2 Å². The Kier molecular flexibility index (Phi) is 4.46. The van der Waals surface area contributed by atoms with Crippen molar-refractivity contribution in [3.05, 3.63) is 36.5 Å². The van der Waals surface area contributed by atoms with Crippen LogP contribution >= 0.6 is 0 Å². The number of hydrogen-bond donors (Lipinski definition) is 2. The summed E-state index contributed by atoms with van der Waals surface area (Å²) in [6.07, 6.45) is 1.40. The quantitative estimate of drug-likeness (QED) is 0.827. The van der Waals surface area contributed by atoms with E-state index >= 15 is 0 Å². The molecule has 2 aromatic rings. The van der Waals surface area contributed by atoms with Gasteiger partial charge >= 0.3 is 11.8 Å². The molecule has 0 bridgehead atoms. The van der Waals surface area contributed by atoms with Gasteiger partial charge in [0, 0.05) is 17.8 Å². The summed E-state index contributed by atoms with van der Waals surface area (Å²) in [7, 11) is 1.49. The van der Waals surface area contributed by atoms with Crippen LogP contribution in [0.3, 0.4) is 0 Å². The van der Waals surface area contributed by atoms with Gasteiger partial charge in [0.05, 0.1) is 19.0 Å². The van der Waals surface area contributed by atoms with Crippen LogP contribution in [0.1, 0.15) is 0 Å². The number of carbonyl (C=O) groups is 2. The predicted molar refractivity (Wildman–Crippen MR) is 85.5 cm³/mol. The lowest BCUT2D eigenvalue weighted by molar-refractivity contribution is -0.133. The largest absolute Gasteiger partial charge is 0.486 e. The maximum Gasteiger partial charge on any atom is 0.314 e. The van der Waals surface area contributed by atoms with E-state index < -0.39 is 11.8 Å². The molecular formula is C16H15N3O5. The van der Waals surface area contributed by atoms with Crippen LogP contribution in [0.4, 0.5) is 11.4 Å². The third-order valence-corrected chi connectivity index (χ3v) is 3.21. The lowest BCUT2D eigenvalue weighted by Gasteiger charge is -2.18. The fourth-order valence-corrected chi connectivity index (χ4v) is 2.07. The highest BCUT2D eigenvalue weighted by atomic mass is 16.6. The number of methoxy groups -OCH3 is 1. The molecule has 124 valence electrons. The predicted octanol–water partition coefficient (Wildman–Crippen LogP) is 1.44. The van der Waals surface area contributed by atoms with Gasteiger partial charge in [-0.3, -0.25) is 9.59 Å². The van der Waals surface area contributed by atoms with Crippen LogP contribution in [0, 0.1) is 0 Å². The number of anilines is 2. The Hall–Kier alpha value is -3.29. The summed E-state index contributed by atoms with van der Waals surface area (Å²) in [6, 6.07) is 8.08. The molecular weight excluding hydrogens is 314 g/mol. The average molecular weight is 329 g/mol. The highest BCUT2D eigenvalue weighted by molar-refractivity contribution is 6.43. The van der Waals surface area contributed by atoms with E-state index in [2.05, 4.69) is 15.6 Å². The molecule has 8 heteroatoms. The molecule has 0 atom stereocenters. The van der Waals surface area contributed by atoms with E-state index in [1.54, 1.807) is 30.3 Å². The topological polar surface area (TPSA) is 98.8 Å². The van der Waals surface area contributed by atoms with E-state index in [4.69, 9.17) is 14.2 Å². The monoisotopic (exact) mass is 329 g/mol. The molecule has 2 N–H and O–H groups in total. The highest BCUT2D eigenvalue weighted by Gasteiger charge is 2.17. The second-order valence-electron chi connectivity index (χ2n) is 4.86. The van der Waals surface area contributed by atoms with Gasteiger partial charge in [-0.15, -0.1) is 0 Å². The summed E-state index contributed by atoms with van der Waals surface area (Å²) in [5.41, 5.74) is 0.824. The summed E-state index contributed by atoms with van der Waals surface area (Å²) in [6.45, 7) is 0.923. The maximum absolute atomic E-state index is 12.0. The Morgan fingerprint density at radius 1 is 1.00 bits per heavy atom. The van der Waals surface area contributed by atoms with Crippen molar-refractivity contribution >= 4 is 23.2 Å². The number of carbonyl (C=O) groups excluding carboxylic acids is 2. The second-order valence-corrected chi connectivity index (χ2v) is 4.86. The zero-order chi connectivity index (χ0) is 16.9. The van der Waals surface area contributed by atoms with Crippen molar-refractivity contribution in [3.63, 3.8) is 0 Å². The molecule has 0 saturated heterocycles. The number of hydrogen-bond acceptors (Lipinski definition) is 6. The molecule has 3 rings (SSSR count). The van der Waals surface area contributed by atoms with Crippen molar-refractivity contribution < 1.29 is 23.8 Å². The van der Waals surface area contributed by atoms with Crippen LogP contribution < -0.4 is 24.8 Å². The SMILES string of the molecule is COc1ccc(NC(=O)C(=O)Nc2ccc3c(c2)OCCO3)cn1. The first kappa shape index (κ1) is 15.6. The molecule has 0 radical (unpaired) electrons. The standard InChI is InChI=1S/C16H15N3O5/c1-22-14-5-3-11(9-17-14)19-16(21)15(20)18-10-2-4-12-13(8-10)24-7-6-23-12/h2-5,8-9H,6-7H2,1H3,(H,18,20)(H,19,21). The van der Waals surface area contributed by atoms with E-state index in [0.29, 0.717) is 42.0 Å². The zero-order valence-electron chi connectivity index (χ0n) is 12.9. The summed E-state index contributed by atoms with van der Waals surface area (Å²) < 4.78 is 15.7. The number of ether oxygens (including phenoxy) is 3. The molecule has 1 aliphatic heterocycles. The van der Waals surface area contributed by atoms with Crippen LogP contribution in [-0.4, -0.2) is 37.1 Å². The molecule has 1 aliphatic rings. The van der Waals surface area contributed by atoms with Crippen LogP contribution in [-0.2, 0) is 9.59 Å². The third-order valence-electron chi connectivity index (χ3n) is 3.21. The Balaban J connectivity index is 1.62. The van der Waals surface area contributed by atoms with E-state index in [0.717, 1.165) is 0 Å². The zero-order valence-corrected chi connectivity index (χ0v) is 12.9. The molecule has 2 amide bonds. The number of benzene rings is 1. The minimum atomic E-state index is -0.808. The highest BCUT2D eigenvalue weighted by Crippen LogP contribution is 2.32. The first-order valence-electron chi connectivity index (χ1n) is 7.18. The number of fused-ring (bicyclic) bond motifs is 1. The maximum atomic E-state index is 12.0. The molecule has 24 heavy (non-hydrogen) atoms. The van der Waals surface area contributed by atoms with Gasteiger partial charge in [0.15, 0.2) is 11.5 Å². The lowest BCUT2D eigenvalue weighted by Crippen LogP contribution is -2.29. The molecule has 2 heterocycles. The Bertz CT molecular complexity index is 761. The number of rotatable bonds is 3. The van der Waals surface area contributed by atoms with E-state index in [1.165, 1.54) is 13.3 Å². The van der Waals surface area contributed by atoms with E-state index in [9.17, 15) is 9.59 Å². The van der Waals surface area contributed by atoms with Gasteiger partial charge in [0.25, 0.3) is 0 Å². The Labute approximate surface area is 137 Å². The number of nitrogens with one attached hydrogen (secondary N) is 2. The minimum absolute atomic E-state index is 0.387. The van der Waals surface area contributed by atoms with Gasteiger partial charge in [0.1, 0.15) is 13.2 Å². The summed E-state index contributed by atoms with van der Waals surface area (Å²) in [5, 5.41) is 4.95. The average Bonchev–Trinajstić information content (AvgIpc) is 2.62. The molecule has 0 aliphatic carbocycles. The molecule has 1 aromatic carbocycles. The molecule has 0 unspecified atom stereocenters. The van der Waals surface area contributed by atoms with Crippen molar-refractivity contribution in [2.45, 2.75) is 0 Å². The molecule has 0 fully saturated rings. The second kappa shape index (κ2) is 6.86. The van der Waals surface area contributed by atoms with Crippen molar-refractivity contribution in [1.82, 2.24) is 4.98 Å². The van der Waals surface area contributed by atoms with E-state index in [1.807, 2.05) is 0 Å². The van der Waals surface area contributed by atoms with E-state index in [-0.39, 0.29) is 0 Å². The fraction of sp³-hybridized carbons (Fsp3) is 0.188. The van der Waals surface area contributed by atoms with Crippen LogP contribution in [0.25, 0.3) is 0 Å². The van der Waals surface area contributed by atoms with Crippen molar-refractivity contribution in [2.24, 2.45) is 0 Å². The number of aromatic nitrogens is 1. The first-order valence-corrected chi connectivity index (χ1v) is 7.18. The molecule has 0 saturated carbocycles. The Morgan fingerprint density at radius 3 is 2.33 bits per heavy atom. The third kappa shape index (κ3) is 3.54. The van der Waals surface area contributed by atoms with Crippen molar-refractivity contribution in [1.29, 1.82) is 0 Å². The number of amides is 2. The summed E-state index contributed by atoms with van der Waals surface area (Å²) in [4.78, 5) is 27.8. The van der Waals surface area contributed by atoms with Gasteiger partial charge in [-0.25, -0.2) is 4.98 Å². The normalized spacial score (nSPS) is 12.2. The smallest absolute Gasteiger partial charge is 0.314 e. The summed E-state index contributed by atoms with van der Waals surface area (Å²) >= 11 is 0. The number of pyridine rings is 1. The van der Waals surface area contributed by atoms with Crippen LogP contribution in [0.15, 0.2) is 36.5 Å². The molecule has 1 aromatic heterocycles. The van der Waals surface area contributed by atoms with Crippen LogP contribution in [0.2, 0.25) is 0 Å². The lowest BCUT2D eigenvalue weighted by atomic mass is 10.2. The van der Waals surface area contributed by atoms with Gasteiger partial charge in [-0.1, -0.05) is 0 Å². The first-order chi connectivity index (χ1) is 11.7. The van der Waals surface area contributed by atoms with Gasteiger partial charge in [0.2, 0.25) is 5.88 Å². The van der Waals surface area contributed by atoms with Crippen molar-refractivity contribution in [3.8, 4) is 17.4 Å². The fourth-order valence-electron chi connectivity index (χ4n) is 2.07. The molecule has 0 spiro atoms.